The number of hydrogen-bond donors (Lipinski definition) is 2. The molecule has 11 heteroatoms. The van der Waals surface area contributed by atoms with Crippen LogP contribution in [-0.4, -0.2) is 62.6 Å². The minimum atomic E-state index is -1.87. The van der Waals surface area contributed by atoms with Crippen molar-refractivity contribution in [2.24, 2.45) is 5.92 Å². The number of amides is 3. The molecule has 3 aliphatic rings. The molecule has 0 radical (unpaired) electrons. The minimum absolute atomic E-state index is 0.0614. The summed E-state index contributed by atoms with van der Waals surface area (Å²) in [7, 11) is 0. The summed E-state index contributed by atoms with van der Waals surface area (Å²) in [6, 6.07) is 23.2. The number of aryl methyl sites for hydroxylation is 1. The molecule has 2 fully saturated rings. The second-order valence-electron chi connectivity index (χ2n) is 15.5. The van der Waals surface area contributed by atoms with Gasteiger partial charge >= 0.3 is 0 Å². The standard InChI is InChI=1S/C45H54N6O5/c1-33(15-11-14-26-48-31-40(46-47-48)38(32-52)35-16-7-6-8-17-35)45(56)39-29-37(50-28-13-5-3-10-19-43(50)54)24-25-41(39)51(44(45)55)30-34-20-22-36(23-21-34)49-27-12-4-2-9-18-42(49)53/h6-8,11,15-17,20-25,29,31,33,38,52,56H,2-5,9-10,12-14,18-19,26-28,30,32H2,1H3/b15-11+/t33-,38?,45+/m1/s1. The van der Waals surface area contributed by atoms with Crippen LogP contribution in [-0.2, 0) is 33.1 Å². The van der Waals surface area contributed by atoms with Crippen LogP contribution in [0, 0.1) is 5.92 Å². The van der Waals surface area contributed by atoms with E-state index in [0.717, 1.165) is 68.2 Å². The van der Waals surface area contributed by atoms with E-state index in [-0.39, 0.29) is 30.9 Å². The number of allylic oxidation sites excluding steroid dienone is 1. The Balaban J connectivity index is 1.11. The monoisotopic (exact) mass is 758 g/mol. The zero-order chi connectivity index (χ0) is 39.1. The molecule has 0 bridgehead atoms. The number of rotatable bonds is 12. The Labute approximate surface area is 329 Å². The fraction of sp³-hybridized carbons (Fsp3) is 0.444. The predicted octanol–water partition coefficient (Wildman–Crippen LogP) is 7.01. The van der Waals surface area contributed by atoms with E-state index >= 15 is 0 Å². The molecule has 2 N–H and O–H groups in total. The van der Waals surface area contributed by atoms with Crippen LogP contribution in [0.4, 0.5) is 17.1 Å². The van der Waals surface area contributed by atoms with Crippen LogP contribution < -0.4 is 14.7 Å². The van der Waals surface area contributed by atoms with E-state index in [1.165, 1.54) is 0 Å². The first-order valence-electron chi connectivity index (χ1n) is 20.4. The molecule has 7 rings (SSSR count). The van der Waals surface area contributed by atoms with Gasteiger partial charge in [-0.3, -0.25) is 19.1 Å². The molecule has 11 nitrogen and oxygen atoms in total. The van der Waals surface area contributed by atoms with Crippen molar-refractivity contribution in [3.05, 3.63) is 114 Å². The third-order valence-corrected chi connectivity index (χ3v) is 11.7. The summed E-state index contributed by atoms with van der Waals surface area (Å²) < 4.78 is 1.74. The molecule has 1 unspecified atom stereocenters. The predicted molar refractivity (Wildman–Crippen MR) is 217 cm³/mol. The minimum Gasteiger partial charge on any atom is -0.395 e. The number of aliphatic hydroxyl groups excluding tert-OH is 1. The maximum atomic E-state index is 14.5. The number of aromatic nitrogens is 3. The third-order valence-electron chi connectivity index (χ3n) is 11.7. The van der Waals surface area contributed by atoms with E-state index in [1.54, 1.807) is 9.58 Å². The van der Waals surface area contributed by atoms with Crippen molar-refractivity contribution in [2.75, 3.05) is 34.4 Å². The average Bonchev–Trinajstić information content (AvgIpc) is 3.75. The van der Waals surface area contributed by atoms with E-state index < -0.39 is 17.4 Å². The number of carbonyl (C=O) groups excluding carboxylic acids is 3. The van der Waals surface area contributed by atoms with Crippen LogP contribution in [0.15, 0.2) is 91.1 Å². The lowest BCUT2D eigenvalue weighted by Crippen LogP contribution is -2.44. The van der Waals surface area contributed by atoms with Crippen molar-refractivity contribution in [3.8, 4) is 0 Å². The largest absolute Gasteiger partial charge is 0.395 e. The van der Waals surface area contributed by atoms with Gasteiger partial charge in [-0.25, -0.2) is 0 Å². The summed E-state index contributed by atoms with van der Waals surface area (Å²) >= 11 is 0. The molecule has 3 atom stereocenters. The van der Waals surface area contributed by atoms with E-state index in [2.05, 4.69) is 10.3 Å². The Morgan fingerprint density at radius 2 is 1.45 bits per heavy atom. The first-order valence-corrected chi connectivity index (χ1v) is 20.4. The number of anilines is 3. The second-order valence-corrected chi connectivity index (χ2v) is 15.5. The van der Waals surface area contributed by atoms with Gasteiger partial charge in [0.05, 0.1) is 30.5 Å². The quantitative estimate of drug-likeness (QED) is 0.149. The lowest BCUT2D eigenvalue weighted by atomic mass is 9.82. The van der Waals surface area contributed by atoms with Crippen molar-refractivity contribution in [3.63, 3.8) is 0 Å². The fourth-order valence-electron chi connectivity index (χ4n) is 8.37. The van der Waals surface area contributed by atoms with E-state index in [0.29, 0.717) is 61.5 Å². The van der Waals surface area contributed by atoms with Gasteiger partial charge in [0.2, 0.25) is 11.8 Å². The number of fused-ring (bicyclic) bond motifs is 1. The highest BCUT2D eigenvalue weighted by Gasteiger charge is 2.52. The van der Waals surface area contributed by atoms with Gasteiger partial charge in [-0.15, -0.1) is 5.10 Å². The molecular formula is C45H54N6O5. The average molecular weight is 759 g/mol. The first-order chi connectivity index (χ1) is 27.3. The van der Waals surface area contributed by atoms with Crippen LogP contribution in [0.1, 0.15) is 106 Å². The lowest BCUT2D eigenvalue weighted by Gasteiger charge is -2.29. The highest BCUT2D eigenvalue weighted by molar-refractivity contribution is 6.08. The smallest absolute Gasteiger partial charge is 0.264 e. The van der Waals surface area contributed by atoms with Gasteiger partial charge in [0.1, 0.15) is 0 Å². The summed E-state index contributed by atoms with van der Waals surface area (Å²) in [5, 5.41) is 31.3. The second kappa shape index (κ2) is 17.8. The molecule has 4 aromatic rings. The maximum Gasteiger partial charge on any atom is 0.264 e. The van der Waals surface area contributed by atoms with Crippen LogP contribution in [0.25, 0.3) is 0 Å². The van der Waals surface area contributed by atoms with E-state index in [9.17, 15) is 24.6 Å². The lowest BCUT2D eigenvalue weighted by molar-refractivity contribution is -0.139. The zero-order valence-corrected chi connectivity index (χ0v) is 32.4. The topological polar surface area (TPSA) is 132 Å². The van der Waals surface area contributed by atoms with Gasteiger partial charge < -0.3 is 24.9 Å². The summed E-state index contributed by atoms with van der Waals surface area (Å²) in [5.74, 6) is -1.07. The summed E-state index contributed by atoms with van der Waals surface area (Å²) in [6.07, 6.45) is 15.2. The van der Waals surface area contributed by atoms with Crippen molar-refractivity contribution in [1.82, 2.24) is 15.0 Å². The summed E-state index contributed by atoms with van der Waals surface area (Å²) in [4.78, 5) is 46.0. The van der Waals surface area contributed by atoms with Crippen LogP contribution in [0.5, 0.6) is 0 Å². The highest BCUT2D eigenvalue weighted by atomic mass is 16.3. The Bertz CT molecular complexity index is 2010. The molecule has 3 aliphatic heterocycles. The Morgan fingerprint density at radius 3 is 2.12 bits per heavy atom. The molecule has 0 aliphatic carbocycles. The molecule has 3 amide bonds. The van der Waals surface area contributed by atoms with Gasteiger partial charge in [0.15, 0.2) is 5.60 Å². The Kier molecular flexibility index (Phi) is 12.4. The van der Waals surface area contributed by atoms with Crippen LogP contribution >= 0.6 is 0 Å². The molecule has 3 aromatic carbocycles. The van der Waals surface area contributed by atoms with Gasteiger partial charge in [-0.2, -0.15) is 0 Å². The van der Waals surface area contributed by atoms with Crippen LogP contribution in [0.3, 0.4) is 0 Å². The third kappa shape index (κ3) is 8.34. The molecule has 4 heterocycles. The zero-order valence-electron chi connectivity index (χ0n) is 32.4. The van der Waals surface area contributed by atoms with Crippen LogP contribution in [0.2, 0.25) is 0 Å². The van der Waals surface area contributed by atoms with E-state index in [1.807, 2.05) is 108 Å². The van der Waals surface area contributed by atoms with Gasteiger partial charge in [0.25, 0.3) is 5.91 Å². The summed E-state index contributed by atoms with van der Waals surface area (Å²) in [5.41, 5.74) is 3.34. The number of carbonyl (C=O) groups is 3. The number of nitrogens with zero attached hydrogens (tertiary/aromatic N) is 6. The number of aliphatic hydroxyl groups is 2. The van der Waals surface area contributed by atoms with Gasteiger partial charge in [-0.05, 0) is 73.6 Å². The molecular weight excluding hydrogens is 705 g/mol. The van der Waals surface area contributed by atoms with E-state index in [4.69, 9.17) is 0 Å². The first kappa shape index (κ1) is 39.1. The molecule has 56 heavy (non-hydrogen) atoms. The number of hydrogen-bond acceptors (Lipinski definition) is 7. The van der Waals surface area contributed by atoms with Crippen molar-refractivity contribution in [1.29, 1.82) is 0 Å². The van der Waals surface area contributed by atoms with Crippen molar-refractivity contribution >= 4 is 34.8 Å². The van der Waals surface area contributed by atoms with Gasteiger partial charge in [0, 0.05) is 61.5 Å². The molecule has 0 saturated carbocycles. The highest BCUT2D eigenvalue weighted by Crippen LogP contribution is 2.47. The van der Waals surface area contributed by atoms with Gasteiger partial charge in [-0.1, -0.05) is 92.4 Å². The molecule has 1 aromatic heterocycles. The Hall–Kier alpha value is -5.13. The summed E-state index contributed by atoms with van der Waals surface area (Å²) in [6.45, 7) is 3.85. The van der Waals surface area contributed by atoms with Crippen molar-refractivity contribution in [2.45, 2.75) is 102 Å². The molecule has 294 valence electrons. The normalized spacial score (nSPS) is 20.8. The fourth-order valence-corrected chi connectivity index (χ4v) is 8.37. The van der Waals surface area contributed by atoms with Crippen molar-refractivity contribution < 1.29 is 24.6 Å². The molecule has 0 spiro atoms. The maximum absolute atomic E-state index is 14.5. The number of benzene rings is 3. The molecule has 2 saturated heterocycles. The SMILES string of the molecule is C[C@H](/C=C/CCn1cc(C(CO)c2ccccc2)nn1)[C@@]1(O)C(=O)N(Cc2ccc(N3CCCCCCC3=O)cc2)c2ccc(N3CCCCCCC3=O)cc21. The Morgan fingerprint density at radius 1 is 0.804 bits per heavy atom.